The quantitative estimate of drug-likeness (QED) is 0.727. The van der Waals surface area contributed by atoms with E-state index in [0.29, 0.717) is 5.02 Å². The molecule has 0 heterocycles. The highest BCUT2D eigenvalue weighted by molar-refractivity contribution is 9.10. The van der Waals surface area contributed by atoms with Gasteiger partial charge in [0.1, 0.15) is 0 Å². The first-order valence-corrected chi connectivity index (χ1v) is 7.09. The number of nitrogens with one attached hydrogen (secondary N) is 1. The second-order valence-corrected chi connectivity index (χ2v) is 5.74. The van der Waals surface area contributed by atoms with E-state index in [1.807, 2.05) is 42.5 Å². The van der Waals surface area contributed by atoms with Crippen molar-refractivity contribution in [2.45, 2.75) is 13.0 Å². The largest absolute Gasteiger partial charge is 0.377 e. The molecule has 2 aromatic carbocycles. The molecular formula is C14H12BrCl2N. The average Bonchev–Trinajstić information content (AvgIpc) is 2.34. The molecule has 2 aromatic rings. The van der Waals surface area contributed by atoms with Crippen LogP contribution in [0.4, 0.5) is 5.69 Å². The smallest absolute Gasteiger partial charge is 0.0638 e. The van der Waals surface area contributed by atoms with Crippen molar-refractivity contribution in [3.05, 3.63) is 62.5 Å². The molecule has 1 N–H and O–H groups in total. The maximum atomic E-state index is 6.17. The van der Waals surface area contributed by atoms with Gasteiger partial charge in [-0.05, 0) is 36.8 Å². The van der Waals surface area contributed by atoms with Crippen LogP contribution in [0.1, 0.15) is 18.5 Å². The van der Waals surface area contributed by atoms with E-state index in [-0.39, 0.29) is 6.04 Å². The van der Waals surface area contributed by atoms with E-state index < -0.39 is 0 Å². The lowest BCUT2D eigenvalue weighted by atomic mass is 10.1. The number of hydrogen-bond donors (Lipinski definition) is 1. The molecule has 18 heavy (non-hydrogen) atoms. The van der Waals surface area contributed by atoms with Crippen molar-refractivity contribution in [2.75, 3.05) is 5.32 Å². The first kappa shape index (κ1) is 13.7. The lowest BCUT2D eigenvalue weighted by Gasteiger charge is -2.18. The predicted molar refractivity (Wildman–Crippen MR) is 82.6 cm³/mol. The topological polar surface area (TPSA) is 12.0 Å². The summed E-state index contributed by atoms with van der Waals surface area (Å²) in [5, 5.41) is 4.81. The molecule has 0 saturated heterocycles. The van der Waals surface area contributed by atoms with E-state index in [2.05, 4.69) is 28.2 Å². The minimum Gasteiger partial charge on any atom is -0.377 e. The molecule has 0 bridgehead atoms. The molecule has 0 aromatic heterocycles. The Morgan fingerprint density at radius 3 is 2.50 bits per heavy atom. The van der Waals surface area contributed by atoms with Crippen molar-refractivity contribution in [3.63, 3.8) is 0 Å². The van der Waals surface area contributed by atoms with Crippen LogP contribution in [0.25, 0.3) is 0 Å². The van der Waals surface area contributed by atoms with E-state index in [4.69, 9.17) is 23.2 Å². The van der Waals surface area contributed by atoms with Gasteiger partial charge < -0.3 is 5.32 Å². The Hall–Kier alpha value is -0.700. The summed E-state index contributed by atoms with van der Waals surface area (Å²) in [7, 11) is 0. The fourth-order valence-electron chi connectivity index (χ4n) is 1.75. The normalized spacial score (nSPS) is 12.2. The minimum absolute atomic E-state index is 0.0884. The maximum Gasteiger partial charge on any atom is 0.0638 e. The molecule has 0 amide bonds. The van der Waals surface area contributed by atoms with Gasteiger partial charge in [0.05, 0.1) is 16.8 Å². The average molecular weight is 345 g/mol. The number of hydrogen-bond acceptors (Lipinski definition) is 1. The summed E-state index contributed by atoms with van der Waals surface area (Å²) in [6.45, 7) is 2.05. The van der Waals surface area contributed by atoms with Gasteiger partial charge >= 0.3 is 0 Å². The zero-order valence-corrected chi connectivity index (χ0v) is 12.9. The highest BCUT2D eigenvalue weighted by Gasteiger charge is 2.10. The fourth-order valence-corrected chi connectivity index (χ4v) is 2.58. The third-order valence-corrected chi connectivity index (χ3v) is 3.84. The van der Waals surface area contributed by atoms with Crippen molar-refractivity contribution in [1.29, 1.82) is 0 Å². The molecule has 0 saturated carbocycles. The van der Waals surface area contributed by atoms with E-state index in [0.717, 1.165) is 20.7 Å². The molecular weight excluding hydrogens is 333 g/mol. The summed E-state index contributed by atoms with van der Waals surface area (Å²) < 4.78 is 0.987. The number of anilines is 1. The molecule has 0 radical (unpaired) electrons. The number of benzene rings is 2. The monoisotopic (exact) mass is 343 g/mol. The Morgan fingerprint density at radius 2 is 1.78 bits per heavy atom. The van der Waals surface area contributed by atoms with Crippen LogP contribution in [-0.2, 0) is 0 Å². The van der Waals surface area contributed by atoms with Gasteiger partial charge in [0.2, 0.25) is 0 Å². The summed E-state index contributed by atoms with van der Waals surface area (Å²) in [5.41, 5.74) is 1.94. The van der Waals surface area contributed by atoms with Gasteiger partial charge in [-0.2, -0.15) is 0 Å². The van der Waals surface area contributed by atoms with E-state index in [9.17, 15) is 0 Å². The van der Waals surface area contributed by atoms with Gasteiger partial charge in [0.15, 0.2) is 0 Å². The Morgan fingerprint density at radius 1 is 1.06 bits per heavy atom. The van der Waals surface area contributed by atoms with E-state index in [1.165, 1.54) is 0 Å². The molecule has 94 valence electrons. The van der Waals surface area contributed by atoms with Crippen LogP contribution in [0.3, 0.4) is 0 Å². The van der Waals surface area contributed by atoms with Crippen LogP contribution in [-0.4, -0.2) is 0 Å². The fraction of sp³-hybridized carbons (Fsp3) is 0.143. The zero-order chi connectivity index (χ0) is 13.1. The summed E-state index contributed by atoms with van der Waals surface area (Å²) >= 11 is 15.8. The molecule has 2 rings (SSSR count). The van der Waals surface area contributed by atoms with Crippen LogP contribution in [0.2, 0.25) is 10.0 Å². The summed E-state index contributed by atoms with van der Waals surface area (Å²) in [4.78, 5) is 0. The van der Waals surface area contributed by atoms with Crippen molar-refractivity contribution >= 4 is 44.8 Å². The number of rotatable bonds is 3. The summed E-state index contributed by atoms with van der Waals surface area (Å²) in [6.07, 6.45) is 0. The molecule has 4 heteroatoms. The third-order valence-electron chi connectivity index (χ3n) is 2.67. The lowest BCUT2D eigenvalue weighted by Crippen LogP contribution is -2.07. The molecule has 0 aliphatic heterocycles. The molecule has 0 fully saturated rings. The SMILES string of the molecule is CC(Nc1cc(Br)ccc1Cl)c1ccccc1Cl. The van der Waals surface area contributed by atoms with Gasteiger partial charge in [-0.3, -0.25) is 0 Å². The molecule has 0 aliphatic carbocycles. The molecule has 0 aliphatic rings. The van der Waals surface area contributed by atoms with E-state index >= 15 is 0 Å². The van der Waals surface area contributed by atoms with Crippen LogP contribution < -0.4 is 5.32 Å². The maximum absolute atomic E-state index is 6.17. The summed E-state index contributed by atoms with van der Waals surface area (Å²) in [5.74, 6) is 0. The third kappa shape index (κ3) is 3.19. The minimum atomic E-state index is 0.0884. The second-order valence-electron chi connectivity index (χ2n) is 4.01. The van der Waals surface area contributed by atoms with Crippen molar-refractivity contribution in [1.82, 2.24) is 0 Å². The highest BCUT2D eigenvalue weighted by Crippen LogP contribution is 2.31. The Bertz CT molecular complexity index is 557. The van der Waals surface area contributed by atoms with Crippen LogP contribution in [0.5, 0.6) is 0 Å². The van der Waals surface area contributed by atoms with Crippen molar-refractivity contribution in [3.8, 4) is 0 Å². The molecule has 1 unspecified atom stereocenters. The highest BCUT2D eigenvalue weighted by atomic mass is 79.9. The Balaban J connectivity index is 2.24. The Kier molecular flexibility index (Phi) is 4.55. The Labute approximate surface area is 125 Å². The van der Waals surface area contributed by atoms with Gasteiger partial charge in [0, 0.05) is 9.50 Å². The second kappa shape index (κ2) is 5.96. The molecule has 1 atom stereocenters. The molecule has 0 spiro atoms. The first-order valence-electron chi connectivity index (χ1n) is 5.54. The van der Waals surface area contributed by atoms with Crippen molar-refractivity contribution in [2.24, 2.45) is 0 Å². The first-order chi connectivity index (χ1) is 8.58. The predicted octanol–water partition coefficient (Wildman–Crippen LogP) is 5.93. The van der Waals surface area contributed by atoms with Gasteiger partial charge in [-0.1, -0.05) is 57.3 Å². The van der Waals surface area contributed by atoms with Gasteiger partial charge in [0.25, 0.3) is 0 Å². The summed E-state index contributed by atoms with van der Waals surface area (Å²) in [6, 6.07) is 13.6. The number of halogens is 3. The van der Waals surface area contributed by atoms with E-state index in [1.54, 1.807) is 0 Å². The molecule has 1 nitrogen and oxygen atoms in total. The zero-order valence-electron chi connectivity index (χ0n) is 9.75. The van der Waals surface area contributed by atoms with Crippen molar-refractivity contribution < 1.29 is 0 Å². The van der Waals surface area contributed by atoms with Gasteiger partial charge in [-0.15, -0.1) is 0 Å². The van der Waals surface area contributed by atoms with Gasteiger partial charge in [-0.25, -0.2) is 0 Å². The van der Waals surface area contributed by atoms with Crippen LogP contribution in [0, 0.1) is 0 Å². The standard InChI is InChI=1S/C14H12BrCl2N/c1-9(11-4-2-3-5-12(11)16)18-14-8-10(15)6-7-13(14)17/h2-9,18H,1H3. The van der Waals surface area contributed by atoms with Crippen LogP contribution >= 0.6 is 39.1 Å². The van der Waals surface area contributed by atoms with Crippen LogP contribution in [0.15, 0.2) is 46.9 Å². The lowest BCUT2D eigenvalue weighted by molar-refractivity contribution is 0.885.